The Morgan fingerprint density at radius 1 is 1.32 bits per heavy atom. The van der Waals surface area contributed by atoms with Crippen molar-refractivity contribution in [1.29, 1.82) is 0 Å². The van der Waals surface area contributed by atoms with E-state index in [-0.39, 0.29) is 30.1 Å². The van der Waals surface area contributed by atoms with Crippen LogP contribution in [0.2, 0.25) is 0 Å². The molecule has 1 aromatic rings. The van der Waals surface area contributed by atoms with Gasteiger partial charge in [0.1, 0.15) is 6.10 Å². The Morgan fingerprint density at radius 3 is 2.59 bits per heavy atom. The second kappa shape index (κ2) is 7.40. The highest BCUT2D eigenvalue weighted by atomic mass is 16.7. The van der Waals surface area contributed by atoms with Crippen LogP contribution in [0, 0.1) is 5.92 Å². The molecule has 1 fully saturated rings. The van der Waals surface area contributed by atoms with Gasteiger partial charge in [0, 0.05) is 12.8 Å². The van der Waals surface area contributed by atoms with Crippen LogP contribution in [0.5, 0.6) is 0 Å². The topological polar surface area (TPSA) is 61.8 Å². The van der Waals surface area contributed by atoms with Gasteiger partial charge < -0.3 is 14.2 Å². The van der Waals surface area contributed by atoms with Crippen LogP contribution < -0.4 is 0 Å². The number of esters is 2. The Kier molecular flexibility index (Phi) is 5.55. The van der Waals surface area contributed by atoms with Crippen LogP contribution in [0.25, 0.3) is 0 Å². The van der Waals surface area contributed by atoms with Crippen molar-refractivity contribution in [1.82, 2.24) is 0 Å². The normalized spacial score (nSPS) is 25.5. The molecule has 0 N–H and O–H groups in total. The highest BCUT2D eigenvalue weighted by Gasteiger charge is 2.39. The van der Waals surface area contributed by atoms with Crippen molar-refractivity contribution in [2.45, 2.75) is 52.1 Å². The van der Waals surface area contributed by atoms with Crippen molar-refractivity contribution in [2.75, 3.05) is 0 Å². The van der Waals surface area contributed by atoms with Crippen LogP contribution in [0.15, 0.2) is 30.3 Å². The number of ether oxygens (including phenoxy) is 3. The molecule has 0 radical (unpaired) electrons. The predicted octanol–water partition coefficient (Wildman–Crippen LogP) is 2.94. The molecule has 0 aliphatic carbocycles. The molecule has 5 heteroatoms. The SMILES string of the molecule is CC[C@H](OC(=O)c1ccccc1)[C@@H]1C[C@@H](C)C(OC(C)=O)O1. The lowest BCUT2D eigenvalue weighted by Crippen LogP contribution is -2.31. The van der Waals surface area contributed by atoms with Gasteiger partial charge in [-0.1, -0.05) is 32.0 Å². The minimum Gasteiger partial charge on any atom is -0.456 e. The van der Waals surface area contributed by atoms with Crippen molar-refractivity contribution >= 4 is 11.9 Å². The number of carbonyl (C=O) groups is 2. The van der Waals surface area contributed by atoms with Crippen molar-refractivity contribution in [3.63, 3.8) is 0 Å². The molecule has 0 amide bonds. The van der Waals surface area contributed by atoms with Crippen LogP contribution in [-0.4, -0.2) is 30.4 Å². The van der Waals surface area contributed by atoms with E-state index in [0.717, 1.165) is 0 Å². The van der Waals surface area contributed by atoms with E-state index in [2.05, 4.69) is 0 Å². The first-order valence-electron chi connectivity index (χ1n) is 7.60. The summed E-state index contributed by atoms with van der Waals surface area (Å²) in [7, 11) is 0. The van der Waals surface area contributed by atoms with Gasteiger partial charge in [0.05, 0.1) is 11.7 Å². The van der Waals surface area contributed by atoms with E-state index in [1.807, 2.05) is 19.9 Å². The quantitative estimate of drug-likeness (QED) is 0.783. The van der Waals surface area contributed by atoms with Gasteiger partial charge in [0.2, 0.25) is 6.29 Å². The van der Waals surface area contributed by atoms with E-state index in [1.54, 1.807) is 24.3 Å². The van der Waals surface area contributed by atoms with Crippen molar-refractivity contribution in [3.8, 4) is 0 Å². The van der Waals surface area contributed by atoms with Gasteiger partial charge in [-0.3, -0.25) is 4.79 Å². The minimum absolute atomic E-state index is 0.0818. The minimum atomic E-state index is -0.563. The van der Waals surface area contributed by atoms with Gasteiger partial charge in [-0.25, -0.2) is 4.79 Å². The summed E-state index contributed by atoms with van der Waals surface area (Å²) in [5.41, 5.74) is 0.517. The Morgan fingerprint density at radius 2 is 2.00 bits per heavy atom. The van der Waals surface area contributed by atoms with Gasteiger partial charge in [0.25, 0.3) is 0 Å². The molecule has 5 nitrogen and oxygen atoms in total. The summed E-state index contributed by atoms with van der Waals surface area (Å²) in [6.07, 6.45) is 0.168. The lowest BCUT2D eigenvalue weighted by Gasteiger charge is -2.22. The van der Waals surface area contributed by atoms with Gasteiger partial charge >= 0.3 is 11.9 Å². The van der Waals surface area contributed by atoms with E-state index in [4.69, 9.17) is 14.2 Å². The third-order valence-corrected chi connectivity index (χ3v) is 3.74. The number of hydrogen-bond donors (Lipinski definition) is 0. The number of rotatable bonds is 5. The fourth-order valence-corrected chi connectivity index (χ4v) is 2.59. The maximum Gasteiger partial charge on any atom is 0.338 e. The van der Waals surface area contributed by atoms with Crippen LogP contribution in [-0.2, 0) is 19.0 Å². The smallest absolute Gasteiger partial charge is 0.338 e. The summed E-state index contributed by atoms with van der Waals surface area (Å²) in [5, 5.41) is 0. The van der Waals surface area contributed by atoms with Crippen LogP contribution >= 0.6 is 0 Å². The molecule has 1 saturated heterocycles. The fraction of sp³-hybridized carbons (Fsp3) is 0.529. The molecule has 0 saturated carbocycles. The lowest BCUT2D eigenvalue weighted by atomic mass is 10.0. The molecule has 1 aliphatic rings. The van der Waals surface area contributed by atoms with Crippen molar-refractivity contribution in [3.05, 3.63) is 35.9 Å². The predicted molar refractivity (Wildman–Crippen MR) is 80.1 cm³/mol. The zero-order valence-corrected chi connectivity index (χ0v) is 13.2. The number of hydrogen-bond acceptors (Lipinski definition) is 5. The molecule has 0 aromatic heterocycles. The summed E-state index contributed by atoms with van der Waals surface area (Å²) >= 11 is 0. The van der Waals surface area contributed by atoms with Gasteiger partial charge in [-0.05, 0) is 25.0 Å². The Labute approximate surface area is 130 Å². The Bertz CT molecular complexity index is 513. The Balaban J connectivity index is 1.97. The van der Waals surface area contributed by atoms with Crippen molar-refractivity contribution in [2.24, 2.45) is 5.92 Å². The molecule has 1 unspecified atom stereocenters. The van der Waals surface area contributed by atoms with Crippen LogP contribution in [0.4, 0.5) is 0 Å². The van der Waals surface area contributed by atoms with Gasteiger partial charge in [-0.15, -0.1) is 0 Å². The monoisotopic (exact) mass is 306 g/mol. The van der Waals surface area contributed by atoms with E-state index in [1.165, 1.54) is 6.92 Å². The van der Waals surface area contributed by atoms with E-state index in [0.29, 0.717) is 18.4 Å². The van der Waals surface area contributed by atoms with Crippen molar-refractivity contribution < 1.29 is 23.8 Å². The highest BCUT2D eigenvalue weighted by Crippen LogP contribution is 2.31. The van der Waals surface area contributed by atoms with E-state index in [9.17, 15) is 9.59 Å². The average Bonchev–Trinajstić information content (AvgIpc) is 2.85. The number of benzene rings is 1. The molecule has 1 aliphatic heterocycles. The maximum atomic E-state index is 12.1. The molecule has 4 atom stereocenters. The largest absolute Gasteiger partial charge is 0.456 e. The van der Waals surface area contributed by atoms with E-state index < -0.39 is 6.29 Å². The zero-order valence-electron chi connectivity index (χ0n) is 13.2. The van der Waals surface area contributed by atoms with Crippen LogP contribution in [0.1, 0.15) is 44.0 Å². The summed E-state index contributed by atoms with van der Waals surface area (Å²) in [4.78, 5) is 23.2. The molecule has 0 spiro atoms. The number of carbonyl (C=O) groups excluding carboxylic acids is 2. The summed E-state index contributed by atoms with van der Waals surface area (Å²) < 4.78 is 16.5. The zero-order chi connectivity index (χ0) is 16.1. The summed E-state index contributed by atoms with van der Waals surface area (Å²) in [6.45, 7) is 5.26. The fourth-order valence-electron chi connectivity index (χ4n) is 2.59. The molecule has 2 rings (SSSR count). The average molecular weight is 306 g/mol. The maximum absolute atomic E-state index is 12.1. The third-order valence-electron chi connectivity index (χ3n) is 3.74. The highest BCUT2D eigenvalue weighted by molar-refractivity contribution is 5.89. The molecule has 120 valence electrons. The summed E-state index contributed by atoms with van der Waals surface area (Å²) in [6, 6.07) is 8.87. The first-order valence-corrected chi connectivity index (χ1v) is 7.60. The first-order chi connectivity index (χ1) is 10.5. The molecule has 1 aromatic carbocycles. The first kappa shape index (κ1) is 16.5. The molecule has 0 bridgehead atoms. The molecule has 1 heterocycles. The summed E-state index contributed by atoms with van der Waals surface area (Å²) in [5.74, 6) is -0.648. The van der Waals surface area contributed by atoms with Crippen LogP contribution in [0.3, 0.4) is 0 Å². The van der Waals surface area contributed by atoms with Gasteiger partial charge in [0.15, 0.2) is 0 Å². The van der Waals surface area contributed by atoms with Gasteiger partial charge in [-0.2, -0.15) is 0 Å². The third kappa shape index (κ3) is 4.07. The van der Waals surface area contributed by atoms with E-state index >= 15 is 0 Å². The molecule has 22 heavy (non-hydrogen) atoms. The lowest BCUT2D eigenvalue weighted by molar-refractivity contribution is -0.184. The second-order valence-corrected chi connectivity index (χ2v) is 5.58. The Hall–Kier alpha value is -1.88. The molecular weight excluding hydrogens is 284 g/mol. The standard InChI is InChI=1S/C17H22O5/c1-4-14(21-16(19)13-8-6-5-7-9-13)15-10-11(2)17(22-15)20-12(3)18/h5-9,11,14-15,17H,4,10H2,1-3H3/t11-,14+,15+,17?/m1/s1. The second-order valence-electron chi connectivity index (χ2n) is 5.58. The molecular formula is C17H22O5.